The number of nitrogens with two attached hydrogens (primary N) is 1. The third-order valence-electron chi connectivity index (χ3n) is 5.27. The van der Waals surface area contributed by atoms with Crippen LogP contribution in [0.25, 0.3) is 11.1 Å². The van der Waals surface area contributed by atoms with Crippen molar-refractivity contribution < 1.29 is 18.1 Å². The number of fused-ring (bicyclic) bond motifs is 1. The zero-order chi connectivity index (χ0) is 21.6. The van der Waals surface area contributed by atoms with Crippen LogP contribution >= 0.6 is 11.3 Å². The summed E-state index contributed by atoms with van der Waals surface area (Å²) in [4.78, 5) is 18.8. The summed E-state index contributed by atoms with van der Waals surface area (Å²) in [5, 5.41) is 5.90. The number of hydrogen-bond acceptors (Lipinski definition) is 5. The van der Waals surface area contributed by atoms with Crippen molar-refractivity contribution in [3.8, 4) is 11.1 Å². The zero-order valence-electron chi connectivity index (χ0n) is 16.3. The quantitative estimate of drug-likeness (QED) is 0.618. The molecule has 30 heavy (non-hydrogen) atoms. The van der Waals surface area contributed by atoms with Crippen molar-refractivity contribution in [2.45, 2.75) is 24.0 Å². The van der Waals surface area contributed by atoms with Gasteiger partial charge in [0.05, 0.1) is 11.4 Å². The van der Waals surface area contributed by atoms with Gasteiger partial charge < -0.3 is 4.55 Å². The molecule has 2 unspecified atom stereocenters. The Morgan fingerprint density at radius 2 is 1.97 bits per heavy atom. The number of benzene rings is 2. The van der Waals surface area contributed by atoms with E-state index in [1.54, 1.807) is 20.0 Å². The van der Waals surface area contributed by atoms with Crippen molar-refractivity contribution in [2.24, 2.45) is 11.1 Å². The molecule has 2 aromatic carbocycles. The van der Waals surface area contributed by atoms with Crippen molar-refractivity contribution in [1.29, 1.82) is 0 Å². The summed E-state index contributed by atoms with van der Waals surface area (Å²) >= 11 is -0.507. The molecule has 2 N–H and O–H groups in total. The molecule has 0 spiro atoms. The Balaban J connectivity index is 1.55. The number of aryl methyl sites for hydroxylation is 1. The van der Waals surface area contributed by atoms with Crippen molar-refractivity contribution in [3.63, 3.8) is 0 Å². The Hall–Kier alpha value is -2.33. The molecule has 1 aliphatic carbocycles. The lowest BCUT2D eigenvalue weighted by Crippen LogP contribution is -2.33. The number of amides is 1. The van der Waals surface area contributed by atoms with E-state index in [4.69, 9.17) is 5.14 Å². The molecule has 1 heterocycles. The molecular weight excluding hydrogens is 428 g/mol. The van der Waals surface area contributed by atoms with Gasteiger partial charge in [-0.1, -0.05) is 18.2 Å². The Bertz CT molecular complexity index is 1130. The Morgan fingerprint density at radius 1 is 1.23 bits per heavy atom. The molecule has 0 radical (unpaired) electrons. The van der Waals surface area contributed by atoms with E-state index < -0.39 is 23.0 Å². The molecule has 4 rings (SSSR count). The van der Waals surface area contributed by atoms with Gasteiger partial charge in [-0.2, -0.15) is 0 Å². The number of aromatic nitrogens is 1. The Kier molecular flexibility index (Phi) is 5.63. The number of anilines is 1. The van der Waals surface area contributed by atoms with E-state index >= 15 is 0 Å². The van der Waals surface area contributed by atoms with Crippen molar-refractivity contribution >= 4 is 33.7 Å². The van der Waals surface area contributed by atoms with Gasteiger partial charge in [0.15, 0.2) is 5.13 Å². The van der Waals surface area contributed by atoms with Gasteiger partial charge in [-0.3, -0.25) is 9.69 Å². The van der Waals surface area contributed by atoms with Crippen LogP contribution < -0.4 is 10.0 Å². The standard InChI is InChI=1S/C21H19F2N3O2S2/c1-11-20(30(24)28)29-21(25-11)26(2)19(27)15-7-12-3-4-13(8-14(12)9-15)17-10-16(22)5-6-18(17)23/h3-6,8,10,15H,7,9,24H2,1-2H3. The topological polar surface area (TPSA) is 82.3 Å². The maximum absolute atomic E-state index is 14.1. The smallest absolute Gasteiger partial charge is 0.252 e. The van der Waals surface area contributed by atoms with Crippen LogP contribution in [0, 0.1) is 24.5 Å². The first-order valence-corrected chi connectivity index (χ1v) is 11.3. The minimum absolute atomic E-state index is 0.104. The van der Waals surface area contributed by atoms with Gasteiger partial charge in [-0.15, -0.1) is 5.14 Å². The molecule has 5 nitrogen and oxygen atoms in total. The molecule has 0 aliphatic heterocycles. The molecule has 1 aliphatic rings. The maximum Gasteiger partial charge on any atom is 0.252 e. The molecular formula is C21H19F2N3O2S2. The number of carbonyl (C=O) groups is 1. The van der Waals surface area contributed by atoms with E-state index in [1.807, 2.05) is 12.1 Å². The van der Waals surface area contributed by atoms with Gasteiger partial charge in [-0.25, -0.2) is 13.8 Å². The summed E-state index contributed by atoms with van der Waals surface area (Å²) < 4.78 is 39.7. The van der Waals surface area contributed by atoms with E-state index in [0.29, 0.717) is 33.4 Å². The molecule has 9 heteroatoms. The molecule has 1 aromatic heterocycles. The molecule has 2 atom stereocenters. The van der Waals surface area contributed by atoms with Crippen LogP contribution in [0.2, 0.25) is 0 Å². The second-order valence-electron chi connectivity index (χ2n) is 7.28. The van der Waals surface area contributed by atoms with Gasteiger partial charge in [0.2, 0.25) is 5.91 Å². The summed E-state index contributed by atoms with van der Waals surface area (Å²) in [5.41, 5.74) is 3.29. The Labute approximate surface area is 179 Å². The van der Waals surface area contributed by atoms with E-state index in [0.717, 1.165) is 34.6 Å². The summed E-state index contributed by atoms with van der Waals surface area (Å²) in [6.07, 6.45) is 1.06. The number of thiazole rings is 1. The molecule has 3 aromatic rings. The van der Waals surface area contributed by atoms with Gasteiger partial charge in [0.1, 0.15) is 17.3 Å². The molecule has 0 saturated heterocycles. The lowest BCUT2D eigenvalue weighted by molar-refractivity contribution is -0.121. The van der Waals surface area contributed by atoms with Crippen molar-refractivity contribution in [3.05, 3.63) is 64.9 Å². The van der Waals surface area contributed by atoms with Gasteiger partial charge >= 0.3 is 0 Å². The number of carbonyl (C=O) groups excluding carboxylic acids is 1. The third kappa shape index (κ3) is 3.85. The highest BCUT2D eigenvalue weighted by molar-refractivity contribution is 7.91. The highest BCUT2D eigenvalue weighted by atomic mass is 32.2. The van der Waals surface area contributed by atoms with Gasteiger partial charge in [-0.05, 0) is 66.0 Å². The zero-order valence-corrected chi connectivity index (χ0v) is 17.9. The van der Waals surface area contributed by atoms with E-state index in [2.05, 4.69) is 4.98 Å². The lowest BCUT2D eigenvalue weighted by atomic mass is 10.00. The summed E-state index contributed by atoms with van der Waals surface area (Å²) in [6.45, 7) is 1.71. The SMILES string of the molecule is Cc1nc(N(C)C(=O)C2Cc3ccc(-c4cc(F)ccc4F)cc3C2)sc1[S+](N)[O-]. The highest BCUT2D eigenvalue weighted by Gasteiger charge is 2.32. The van der Waals surface area contributed by atoms with Crippen molar-refractivity contribution in [1.82, 2.24) is 4.98 Å². The van der Waals surface area contributed by atoms with Crippen LogP contribution in [-0.2, 0) is 29.0 Å². The van der Waals surface area contributed by atoms with E-state index in [9.17, 15) is 18.1 Å². The normalized spacial score (nSPS) is 16.4. The fourth-order valence-electron chi connectivity index (χ4n) is 3.75. The lowest BCUT2D eigenvalue weighted by Gasteiger charge is -2.17. The first-order valence-electron chi connectivity index (χ1n) is 9.23. The fourth-order valence-corrected chi connectivity index (χ4v) is 5.40. The average molecular weight is 448 g/mol. The van der Waals surface area contributed by atoms with Crippen LogP contribution in [0.1, 0.15) is 16.8 Å². The second-order valence-corrected chi connectivity index (χ2v) is 9.52. The van der Waals surface area contributed by atoms with Crippen LogP contribution in [0.4, 0.5) is 13.9 Å². The maximum atomic E-state index is 14.1. The predicted octanol–water partition coefficient (Wildman–Crippen LogP) is 3.76. The monoisotopic (exact) mass is 447 g/mol. The Morgan fingerprint density at radius 3 is 2.67 bits per heavy atom. The van der Waals surface area contributed by atoms with Crippen LogP contribution in [-0.4, -0.2) is 22.5 Å². The van der Waals surface area contributed by atoms with E-state index in [1.165, 1.54) is 11.0 Å². The number of hydrogen-bond donors (Lipinski definition) is 1. The number of halogens is 2. The fraction of sp³-hybridized carbons (Fsp3) is 0.238. The number of nitrogens with zero attached hydrogens (tertiary/aromatic N) is 2. The molecule has 0 bridgehead atoms. The predicted molar refractivity (Wildman–Crippen MR) is 114 cm³/mol. The highest BCUT2D eigenvalue weighted by Crippen LogP contribution is 2.35. The molecule has 0 saturated carbocycles. The molecule has 1 amide bonds. The van der Waals surface area contributed by atoms with Crippen molar-refractivity contribution in [2.75, 3.05) is 11.9 Å². The van der Waals surface area contributed by atoms with Crippen LogP contribution in [0.3, 0.4) is 0 Å². The van der Waals surface area contributed by atoms with Crippen LogP contribution in [0.5, 0.6) is 0 Å². The van der Waals surface area contributed by atoms with Gasteiger partial charge in [0.25, 0.3) is 4.21 Å². The number of rotatable bonds is 4. The van der Waals surface area contributed by atoms with Crippen LogP contribution in [0.15, 0.2) is 40.6 Å². The first-order chi connectivity index (χ1) is 14.2. The minimum atomic E-state index is -1.65. The molecule has 0 fully saturated rings. The summed E-state index contributed by atoms with van der Waals surface area (Å²) in [6, 6.07) is 8.81. The minimum Gasteiger partial charge on any atom is -0.592 e. The second kappa shape index (κ2) is 8.07. The summed E-state index contributed by atoms with van der Waals surface area (Å²) in [7, 11) is 1.64. The largest absolute Gasteiger partial charge is 0.592 e. The average Bonchev–Trinajstić information content (AvgIpc) is 3.31. The van der Waals surface area contributed by atoms with Gasteiger partial charge in [0, 0.05) is 18.5 Å². The van der Waals surface area contributed by atoms with E-state index in [-0.39, 0.29) is 17.4 Å². The third-order valence-corrected chi connectivity index (χ3v) is 7.70. The summed E-state index contributed by atoms with van der Waals surface area (Å²) in [5.74, 6) is -1.38. The first kappa shape index (κ1) is 20.9. The molecule has 156 valence electrons.